The van der Waals surface area contributed by atoms with E-state index >= 15 is 0 Å². The SMILES string of the molecule is O=C(Cc1cccc(Cl)c1F)C1CCC1. The van der Waals surface area contributed by atoms with Gasteiger partial charge in [-0.2, -0.15) is 0 Å². The van der Waals surface area contributed by atoms with Gasteiger partial charge in [0, 0.05) is 12.3 Å². The van der Waals surface area contributed by atoms with E-state index in [0.29, 0.717) is 5.56 Å². The number of hydrogen-bond donors (Lipinski definition) is 0. The lowest BCUT2D eigenvalue weighted by atomic mass is 9.80. The highest BCUT2D eigenvalue weighted by atomic mass is 35.5. The van der Waals surface area contributed by atoms with Crippen LogP contribution in [-0.4, -0.2) is 5.78 Å². The lowest BCUT2D eigenvalue weighted by Crippen LogP contribution is -2.23. The van der Waals surface area contributed by atoms with Crippen molar-refractivity contribution in [2.45, 2.75) is 25.7 Å². The van der Waals surface area contributed by atoms with Crippen LogP contribution in [0, 0.1) is 11.7 Å². The lowest BCUT2D eigenvalue weighted by molar-refractivity contribution is -0.124. The van der Waals surface area contributed by atoms with Gasteiger partial charge in [0.25, 0.3) is 0 Å². The monoisotopic (exact) mass is 226 g/mol. The number of carbonyl (C=O) groups is 1. The first-order valence-corrected chi connectivity index (χ1v) is 5.52. The first-order valence-electron chi connectivity index (χ1n) is 5.14. The molecule has 1 aliphatic rings. The maximum absolute atomic E-state index is 13.5. The average Bonchev–Trinajstić information content (AvgIpc) is 2.10. The normalized spacial score (nSPS) is 16.1. The van der Waals surface area contributed by atoms with Crippen LogP contribution < -0.4 is 0 Å². The third kappa shape index (κ3) is 2.20. The van der Waals surface area contributed by atoms with Crippen LogP contribution in [0.15, 0.2) is 18.2 Å². The summed E-state index contributed by atoms with van der Waals surface area (Å²) in [5.41, 5.74) is 0.416. The fourth-order valence-corrected chi connectivity index (χ4v) is 1.94. The first kappa shape index (κ1) is 10.6. The minimum Gasteiger partial charge on any atom is -0.299 e. The highest BCUT2D eigenvalue weighted by molar-refractivity contribution is 6.30. The summed E-state index contributed by atoms with van der Waals surface area (Å²) in [6, 6.07) is 4.79. The van der Waals surface area contributed by atoms with Gasteiger partial charge in [-0.05, 0) is 24.5 Å². The molecule has 0 spiro atoms. The molecule has 3 heteroatoms. The Kier molecular flexibility index (Phi) is 3.06. The van der Waals surface area contributed by atoms with Crippen molar-refractivity contribution in [2.24, 2.45) is 5.92 Å². The van der Waals surface area contributed by atoms with Crippen molar-refractivity contribution in [1.29, 1.82) is 0 Å². The van der Waals surface area contributed by atoms with Crippen molar-refractivity contribution in [3.8, 4) is 0 Å². The molecule has 0 aromatic heterocycles. The Labute approximate surface area is 93.2 Å². The minimum atomic E-state index is -0.452. The smallest absolute Gasteiger partial charge is 0.145 e. The van der Waals surface area contributed by atoms with Gasteiger partial charge in [0.15, 0.2) is 0 Å². The van der Waals surface area contributed by atoms with E-state index in [-0.39, 0.29) is 23.1 Å². The van der Waals surface area contributed by atoms with E-state index in [0.717, 1.165) is 19.3 Å². The molecule has 0 atom stereocenters. The van der Waals surface area contributed by atoms with Gasteiger partial charge in [-0.1, -0.05) is 30.2 Å². The largest absolute Gasteiger partial charge is 0.299 e. The van der Waals surface area contributed by atoms with Crippen LogP contribution in [0.1, 0.15) is 24.8 Å². The van der Waals surface area contributed by atoms with Gasteiger partial charge >= 0.3 is 0 Å². The van der Waals surface area contributed by atoms with Crippen molar-refractivity contribution in [2.75, 3.05) is 0 Å². The average molecular weight is 227 g/mol. The molecule has 1 aromatic carbocycles. The van der Waals surface area contributed by atoms with Crippen LogP contribution in [0.5, 0.6) is 0 Å². The zero-order valence-electron chi connectivity index (χ0n) is 8.30. The molecule has 15 heavy (non-hydrogen) atoms. The first-order chi connectivity index (χ1) is 7.18. The molecule has 0 amide bonds. The highest BCUT2D eigenvalue weighted by Gasteiger charge is 2.25. The quantitative estimate of drug-likeness (QED) is 0.772. The maximum atomic E-state index is 13.5. The molecule has 0 bridgehead atoms. The van der Waals surface area contributed by atoms with Crippen LogP contribution in [0.25, 0.3) is 0 Å². The van der Waals surface area contributed by atoms with E-state index in [1.807, 2.05) is 0 Å². The molecule has 1 fully saturated rings. The summed E-state index contributed by atoms with van der Waals surface area (Å²) in [5.74, 6) is -0.155. The molecule has 0 N–H and O–H groups in total. The van der Waals surface area contributed by atoms with E-state index in [4.69, 9.17) is 11.6 Å². The Morgan fingerprint density at radius 2 is 2.20 bits per heavy atom. The lowest BCUT2D eigenvalue weighted by Gasteiger charge is -2.23. The highest BCUT2D eigenvalue weighted by Crippen LogP contribution is 2.29. The Morgan fingerprint density at radius 1 is 1.47 bits per heavy atom. The predicted octanol–water partition coefficient (Wildman–Crippen LogP) is 3.39. The van der Waals surface area contributed by atoms with Crippen molar-refractivity contribution in [3.63, 3.8) is 0 Å². The van der Waals surface area contributed by atoms with E-state index in [9.17, 15) is 9.18 Å². The summed E-state index contributed by atoms with van der Waals surface area (Å²) in [6.07, 6.45) is 3.22. The fourth-order valence-electron chi connectivity index (χ4n) is 1.75. The summed E-state index contributed by atoms with van der Waals surface area (Å²) in [7, 11) is 0. The van der Waals surface area contributed by atoms with Gasteiger partial charge in [0.05, 0.1) is 5.02 Å². The molecular weight excluding hydrogens is 215 g/mol. The van der Waals surface area contributed by atoms with E-state index in [2.05, 4.69) is 0 Å². The molecule has 1 aromatic rings. The number of halogens is 2. The van der Waals surface area contributed by atoms with Crippen molar-refractivity contribution >= 4 is 17.4 Å². The van der Waals surface area contributed by atoms with Crippen LogP contribution in [0.3, 0.4) is 0 Å². The topological polar surface area (TPSA) is 17.1 Å². The molecule has 2 rings (SSSR count). The zero-order valence-corrected chi connectivity index (χ0v) is 9.06. The van der Waals surface area contributed by atoms with Crippen LogP contribution in [-0.2, 0) is 11.2 Å². The van der Waals surface area contributed by atoms with Gasteiger partial charge in [-0.15, -0.1) is 0 Å². The van der Waals surface area contributed by atoms with Gasteiger partial charge in [0.2, 0.25) is 0 Å². The Hall–Kier alpha value is -0.890. The number of benzene rings is 1. The zero-order chi connectivity index (χ0) is 10.8. The van der Waals surface area contributed by atoms with Crippen molar-refractivity contribution in [3.05, 3.63) is 34.6 Å². The number of ketones is 1. The molecular formula is C12H12ClFO. The van der Waals surface area contributed by atoms with Gasteiger partial charge in [-0.25, -0.2) is 4.39 Å². The van der Waals surface area contributed by atoms with Gasteiger partial charge < -0.3 is 0 Å². The second-order valence-corrected chi connectivity index (χ2v) is 4.39. The van der Waals surface area contributed by atoms with Crippen molar-refractivity contribution in [1.82, 2.24) is 0 Å². The second kappa shape index (κ2) is 4.31. The second-order valence-electron chi connectivity index (χ2n) is 3.98. The number of carbonyl (C=O) groups excluding carboxylic acids is 1. The molecule has 0 heterocycles. The Bertz CT molecular complexity index is 385. The van der Waals surface area contributed by atoms with Gasteiger partial charge in [0.1, 0.15) is 11.6 Å². The Balaban J connectivity index is 2.09. The minimum absolute atomic E-state index is 0.0916. The molecule has 0 radical (unpaired) electrons. The third-order valence-electron chi connectivity index (χ3n) is 2.96. The summed E-state index contributed by atoms with van der Waals surface area (Å²) < 4.78 is 13.5. The molecule has 1 nitrogen and oxygen atoms in total. The van der Waals surface area contributed by atoms with Crippen LogP contribution >= 0.6 is 11.6 Å². The number of rotatable bonds is 3. The third-order valence-corrected chi connectivity index (χ3v) is 3.25. The number of Topliss-reactive ketones (excluding diaryl/α,β-unsaturated/α-hetero) is 1. The molecule has 1 aliphatic carbocycles. The molecule has 0 saturated heterocycles. The summed E-state index contributed by atoms with van der Waals surface area (Å²) in [5, 5.41) is 0.0916. The molecule has 0 unspecified atom stereocenters. The maximum Gasteiger partial charge on any atom is 0.145 e. The van der Waals surface area contributed by atoms with Crippen LogP contribution in [0.2, 0.25) is 5.02 Å². The van der Waals surface area contributed by atoms with Crippen molar-refractivity contribution < 1.29 is 9.18 Å². The van der Waals surface area contributed by atoms with E-state index < -0.39 is 5.82 Å². The Morgan fingerprint density at radius 3 is 2.80 bits per heavy atom. The molecule has 80 valence electrons. The fraction of sp³-hybridized carbons (Fsp3) is 0.417. The predicted molar refractivity (Wildman–Crippen MR) is 57.5 cm³/mol. The summed E-state index contributed by atoms with van der Waals surface area (Å²) in [6.45, 7) is 0. The molecule has 0 aliphatic heterocycles. The summed E-state index contributed by atoms with van der Waals surface area (Å²) >= 11 is 5.64. The number of hydrogen-bond acceptors (Lipinski definition) is 1. The van der Waals surface area contributed by atoms with Gasteiger partial charge in [-0.3, -0.25) is 4.79 Å². The standard InChI is InChI=1S/C12H12ClFO/c13-10-6-2-5-9(12(10)14)7-11(15)8-3-1-4-8/h2,5-6,8H,1,3-4,7H2. The van der Waals surface area contributed by atoms with Crippen LogP contribution in [0.4, 0.5) is 4.39 Å². The molecule has 1 saturated carbocycles. The van der Waals surface area contributed by atoms with E-state index in [1.54, 1.807) is 12.1 Å². The summed E-state index contributed by atoms with van der Waals surface area (Å²) in [4.78, 5) is 11.6. The van der Waals surface area contributed by atoms with E-state index in [1.165, 1.54) is 6.07 Å².